The van der Waals surface area contributed by atoms with E-state index in [0.717, 1.165) is 0 Å². The Morgan fingerprint density at radius 2 is 2.00 bits per heavy atom. The minimum absolute atomic E-state index is 0.107. The van der Waals surface area contributed by atoms with Gasteiger partial charge in [0, 0.05) is 15.1 Å². The monoisotopic (exact) mass is 329 g/mol. The van der Waals surface area contributed by atoms with Crippen molar-refractivity contribution in [2.45, 2.75) is 6.92 Å². The topological polar surface area (TPSA) is 35.2 Å². The molecule has 0 aromatic heterocycles. The van der Waals surface area contributed by atoms with Gasteiger partial charge < -0.3 is 10.5 Å². The van der Waals surface area contributed by atoms with Crippen LogP contribution in [0.5, 0.6) is 11.5 Å². The van der Waals surface area contributed by atoms with Crippen molar-refractivity contribution < 1.29 is 9.13 Å². The lowest BCUT2D eigenvalue weighted by atomic mass is 10.2. The smallest absolute Gasteiger partial charge is 0.166 e. The molecule has 2 aromatic rings. The molecule has 0 fully saturated rings. The molecular weight excluding hydrogens is 321 g/mol. The van der Waals surface area contributed by atoms with Gasteiger partial charge in [0.15, 0.2) is 17.3 Å². The molecule has 94 valence electrons. The number of hydrogen-bond acceptors (Lipinski definition) is 2. The number of nitrogen functional groups attached to an aromatic ring is 1. The molecular formula is C13H10BrClFNO. The fourth-order valence-electron chi connectivity index (χ4n) is 1.49. The van der Waals surface area contributed by atoms with Crippen molar-refractivity contribution in [1.82, 2.24) is 0 Å². The van der Waals surface area contributed by atoms with Crippen molar-refractivity contribution in [3.05, 3.63) is 51.2 Å². The van der Waals surface area contributed by atoms with Gasteiger partial charge in [-0.25, -0.2) is 4.39 Å². The van der Waals surface area contributed by atoms with Gasteiger partial charge in [-0.3, -0.25) is 0 Å². The summed E-state index contributed by atoms with van der Waals surface area (Å²) < 4.78 is 19.8. The molecule has 0 heterocycles. The quantitative estimate of drug-likeness (QED) is 0.793. The Kier molecular flexibility index (Phi) is 3.78. The molecule has 0 atom stereocenters. The fraction of sp³-hybridized carbons (Fsp3) is 0.0769. The van der Waals surface area contributed by atoms with Crippen LogP contribution < -0.4 is 10.5 Å². The zero-order valence-corrected chi connectivity index (χ0v) is 11.8. The second-order valence-electron chi connectivity index (χ2n) is 3.77. The van der Waals surface area contributed by atoms with E-state index in [2.05, 4.69) is 15.9 Å². The highest BCUT2D eigenvalue weighted by atomic mass is 79.9. The van der Waals surface area contributed by atoms with Gasteiger partial charge in [-0.05, 0) is 37.3 Å². The number of anilines is 1. The largest absolute Gasteiger partial charge is 0.452 e. The molecule has 0 saturated carbocycles. The van der Waals surface area contributed by atoms with Gasteiger partial charge in [-0.15, -0.1) is 0 Å². The second-order valence-corrected chi connectivity index (χ2v) is 5.09. The standard InChI is InChI=1S/C13H10BrClFNO/c1-7-9(15)3-4-11(17)13(7)18-12-5-2-8(14)6-10(12)16/h2-6H,17H2,1H3. The molecule has 0 unspecified atom stereocenters. The number of rotatable bonds is 2. The van der Waals surface area contributed by atoms with Gasteiger partial charge >= 0.3 is 0 Å². The summed E-state index contributed by atoms with van der Waals surface area (Å²) in [4.78, 5) is 0. The van der Waals surface area contributed by atoms with E-state index in [-0.39, 0.29) is 5.75 Å². The van der Waals surface area contributed by atoms with E-state index in [1.54, 1.807) is 25.1 Å². The third kappa shape index (κ3) is 2.60. The van der Waals surface area contributed by atoms with Gasteiger partial charge in [0.05, 0.1) is 5.69 Å². The van der Waals surface area contributed by atoms with Crippen molar-refractivity contribution in [3.8, 4) is 11.5 Å². The lowest BCUT2D eigenvalue weighted by molar-refractivity contribution is 0.441. The zero-order chi connectivity index (χ0) is 13.3. The maximum absolute atomic E-state index is 13.7. The second kappa shape index (κ2) is 5.16. The number of ether oxygens (including phenoxy) is 1. The Bertz CT molecular complexity index is 604. The van der Waals surface area contributed by atoms with E-state index < -0.39 is 5.82 Å². The highest BCUT2D eigenvalue weighted by molar-refractivity contribution is 9.10. The number of nitrogens with two attached hydrogens (primary N) is 1. The first kappa shape index (κ1) is 13.2. The third-order valence-corrected chi connectivity index (χ3v) is 3.38. The van der Waals surface area contributed by atoms with Crippen molar-refractivity contribution in [2.75, 3.05) is 5.73 Å². The predicted octanol–water partition coefficient (Wildman–Crippen LogP) is 4.92. The minimum Gasteiger partial charge on any atom is -0.452 e. The van der Waals surface area contributed by atoms with Crippen LogP contribution in [0.2, 0.25) is 5.02 Å². The highest BCUT2D eigenvalue weighted by Gasteiger charge is 2.12. The van der Waals surface area contributed by atoms with Crippen LogP contribution in [-0.2, 0) is 0 Å². The van der Waals surface area contributed by atoms with Gasteiger partial charge in [0.25, 0.3) is 0 Å². The summed E-state index contributed by atoms with van der Waals surface area (Å²) in [6, 6.07) is 7.84. The summed E-state index contributed by atoms with van der Waals surface area (Å²) in [5.41, 5.74) is 6.90. The van der Waals surface area contributed by atoms with Crippen LogP contribution in [0.3, 0.4) is 0 Å². The molecule has 5 heteroatoms. The Hall–Kier alpha value is -1.26. The Morgan fingerprint density at radius 1 is 1.28 bits per heavy atom. The summed E-state index contributed by atoms with van der Waals surface area (Å²) in [7, 11) is 0. The lowest BCUT2D eigenvalue weighted by Gasteiger charge is -2.13. The maximum Gasteiger partial charge on any atom is 0.166 e. The molecule has 2 N–H and O–H groups in total. The molecule has 0 bridgehead atoms. The van der Waals surface area contributed by atoms with Crippen LogP contribution >= 0.6 is 27.5 Å². The van der Waals surface area contributed by atoms with Crippen molar-refractivity contribution in [1.29, 1.82) is 0 Å². The lowest BCUT2D eigenvalue weighted by Crippen LogP contribution is -1.96. The van der Waals surface area contributed by atoms with Crippen molar-refractivity contribution in [3.63, 3.8) is 0 Å². The molecule has 0 radical (unpaired) electrons. The van der Waals surface area contributed by atoms with Crippen molar-refractivity contribution >= 4 is 33.2 Å². The fourth-order valence-corrected chi connectivity index (χ4v) is 1.97. The van der Waals surface area contributed by atoms with Gasteiger partial charge in [-0.2, -0.15) is 0 Å². The summed E-state index contributed by atoms with van der Waals surface area (Å²) in [5, 5.41) is 0.525. The maximum atomic E-state index is 13.7. The van der Waals surface area contributed by atoms with Gasteiger partial charge in [0.2, 0.25) is 0 Å². The predicted molar refractivity (Wildman–Crippen MR) is 74.8 cm³/mol. The summed E-state index contributed by atoms with van der Waals surface area (Å²) in [5.74, 6) is 0.0159. The Labute approximate surface area is 118 Å². The van der Waals surface area contributed by atoms with Crippen LogP contribution in [0.4, 0.5) is 10.1 Å². The van der Waals surface area contributed by atoms with Crippen LogP contribution in [0.25, 0.3) is 0 Å². The normalized spacial score (nSPS) is 10.4. The van der Waals surface area contributed by atoms with E-state index in [4.69, 9.17) is 22.1 Å². The van der Waals surface area contributed by atoms with Gasteiger partial charge in [0.1, 0.15) is 0 Å². The van der Waals surface area contributed by atoms with E-state index in [1.807, 2.05) is 0 Å². The van der Waals surface area contributed by atoms with Gasteiger partial charge in [-0.1, -0.05) is 27.5 Å². The average Bonchev–Trinajstić information content (AvgIpc) is 2.32. The van der Waals surface area contributed by atoms with E-state index in [0.29, 0.717) is 26.5 Å². The molecule has 18 heavy (non-hydrogen) atoms. The van der Waals surface area contributed by atoms with E-state index >= 15 is 0 Å². The Morgan fingerprint density at radius 3 is 2.67 bits per heavy atom. The van der Waals surface area contributed by atoms with Crippen LogP contribution in [0.1, 0.15) is 5.56 Å². The molecule has 0 aliphatic heterocycles. The van der Waals surface area contributed by atoms with E-state index in [9.17, 15) is 4.39 Å². The molecule has 2 nitrogen and oxygen atoms in total. The molecule has 2 rings (SSSR count). The molecule has 0 aliphatic rings. The zero-order valence-electron chi connectivity index (χ0n) is 9.51. The third-order valence-electron chi connectivity index (χ3n) is 2.48. The molecule has 0 amide bonds. The minimum atomic E-state index is -0.469. The highest BCUT2D eigenvalue weighted by Crippen LogP contribution is 2.36. The molecule has 0 spiro atoms. The van der Waals surface area contributed by atoms with Crippen LogP contribution in [-0.4, -0.2) is 0 Å². The molecule has 0 aliphatic carbocycles. The average molecular weight is 331 g/mol. The van der Waals surface area contributed by atoms with Crippen LogP contribution in [0.15, 0.2) is 34.8 Å². The summed E-state index contributed by atoms with van der Waals surface area (Å²) in [6.45, 7) is 1.77. The van der Waals surface area contributed by atoms with Crippen molar-refractivity contribution in [2.24, 2.45) is 0 Å². The first-order valence-electron chi connectivity index (χ1n) is 5.16. The number of benzene rings is 2. The summed E-state index contributed by atoms with van der Waals surface area (Å²) >= 11 is 9.16. The first-order chi connectivity index (χ1) is 8.49. The number of halogens is 3. The molecule has 2 aromatic carbocycles. The van der Waals surface area contributed by atoms with Crippen LogP contribution in [0, 0.1) is 12.7 Å². The SMILES string of the molecule is Cc1c(Cl)ccc(N)c1Oc1ccc(Br)cc1F. The Balaban J connectivity index is 2.43. The first-order valence-corrected chi connectivity index (χ1v) is 6.33. The number of hydrogen-bond donors (Lipinski definition) is 1. The molecule has 0 saturated heterocycles. The summed E-state index contributed by atoms with van der Waals surface area (Å²) in [6.07, 6.45) is 0. The van der Waals surface area contributed by atoms with E-state index in [1.165, 1.54) is 12.1 Å².